The minimum absolute atomic E-state index is 0.178. The maximum atomic E-state index is 10.6. The van der Waals surface area contributed by atoms with E-state index in [-0.39, 0.29) is 12.2 Å². The highest BCUT2D eigenvalue weighted by molar-refractivity contribution is 5.68. The van der Waals surface area contributed by atoms with E-state index >= 15 is 0 Å². The molecule has 4 nitrogen and oxygen atoms in total. The normalized spacial score (nSPS) is 31.2. The van der Waals surface area contributed by atoms with Crippen LogP contribution in [-0.2, 0) is 9.53 Å². The van der Waals surface area contributed by atoms with Gasteiger partial charge in [-0.25, -0.2) is 4.79 Å². The zero-order chi connectivity index (χ0) is 14.0. The van der Waals surface area contributed by atoms with Crippen molar-refractivity contribution in [2.75, 3.05) is 19.7 Å². The molecule has 1 heterocycles. The third kappa shape index (κ3) is 3.48. The third-order valence-electron chi connectivity index (χ3n) is 4.73. The number of rotatable bonds is 5. The Balaban J connectivity index is 1.85. The molecule has 19 heavy (non-hydrogen) atoms. The average molecular weight is 269 g/mol. The molecule has 1 aliphatic carbocycles. The number of hydrogen-bond acceptors (Lipinski definition) is 3. The zero-order valence-corrected chi connectivity index (χ0v) is 12.4. The predicted octanol–water partition coefficient (Wildman–Crippen LogP) is 2.38. The van der Waals surface area contributed by atoms with E-state index in [1.54, 1.807) is 0 Å². The van der Waals surface area contributed by atoms with Crippen molar-refractivity contribution >= 4 is 5.97 Å². The molecule has 0 aromatic heterocycles. The first-order valence-electron chi connectivity index (χ1n) is 7.51. The highest BCUT2D eigenvalue weighted by Crippen LogP contribution is 2.38. The second-order valence-corrected chi connectivity index (χ2v) is 6.80. The molecular weight excluding hydrogens is 242 g/mol. The van der Waals surface area contributed by atoms with Crippen LogP contribution in [-0.4, -0.2) is 47.3 Å². The number of hydrogen-bond donors (Lipinski definition) is 1. The number of likely N-dealkylation sites (tertiary alicyclic amines) is 1. The molecule has 0 aromatic carbocycles. The van der Waals surface area contributed by atoms with Crippen LogP contribution in [0.1, 0.15) is 46.5 Å². The molecule has 2 atom stereocenters. The van der Waals surface area contributed by atoms with Crippen molar-refractivity contribution in [3.63, 3.8) is 0 Å². The van der Waals surface area contributed by atoms with Gasteiger partial charge in [-0.2, -0.15) is 0 Å². The molecule has 110 valence electrons. The fourth-order valence-corrected chi connectivity index (χ4v) is 3.75. The fraction of sp³-hybridized carbons (Fsp3) is 0.933. The maximum Gasteiger partial charge on any atom is 0.329 e. The van der Waals surface area contributed by atoms with Gasteiger partial charge in [-0.1, -0.05) is 26.7 Å². The Morgan fingerprint density at radius 1 is 1.37 bits per heavy atom. The highest BCUT2D eigenvalue weighted by Gasteiger charge is 2.45. The van der Waals surface area contributed by atoms with Gasteiger partial charge in [0.05, 0.1) is 5.60 Å². The Bertz CT molecular complexity index is 323. The van der Waals surface area contributed by atoms with E-state index in [1.807, 2.05) is 6.92 Å². The Kier molecular flexibility index (Phi) is 4.51. The minimum atomic E-state index is -0.877. The van der Waals surface area contributed by atoms with Crippen LogP contribution in [0.3, 0.4) is 0 Å². The van der Waals surface area contributed by atoms with Crippen LogP contribution < -0.4 is 0 Å². The molecule has 2 rings (SSSR count). The van der Waals surface area contributed by atoms with E-state index in [0.717, 1.165) is 24.9 Å². The molecule has 2 aliphatic rings. The van der Waals surface area contributed by atoms with E-state index in [4.69, 9.17) is 9.84 Å². The van der Waals surface area contributed by atoms with Gasteiger partial charge in [-0.05, 0) is 31.6 Å². The topological polar surface area (TPSA) is 49.8 Å². The van der Waals surface area contributed by atoms with Crippen LogP contribution in [0.25, 0.3) is 0 Å². The summed E-state index contributed by atoms with van der Waals surface area (Å²) in [5.74, 6) is 0.646. The molecule has 1 aliphatic heterocycles. The number of carboxylic acids is 1. The highest BCUT2D eigenvalue weighted by atomic mass is 16.5. The molecule has 0 bridgehead atoms. The Morgan fingerprint density at radius 3 is 2.58 bits per heavy atom. The summed E-state index contributed by atoms with van der Waals surface area (Å²) in [4.78, 5) is 13.1. The summed E-state index contributed by atoms with van der Waals surface area (Å²) in [7, 11) is 0. The summed E-state index contributed by atoms with van der Waals surface area (Å²) < 4.78 is 5.50. The van der Waals surface area contributed by atoms with Gasteiger partial charge < -0.3 is 9.84 Å². The molecule has 2 fully saturated rings. The third-order valence-corrected chi connectivity index (χ3v) is 4.73. The first kappa shape index (κ1) is 14.8. The van der Waals surface area contributed by atoms with Gasteiger partial charge in [0.15, 0.2) is 0 Å². The SMILES string of the molecule is CC(C)C1CCCCC1N1CC(C)(OCC(=O)O)C1. The number of aliphatic carboxylic acids is 1. The number of carbonyl (C=O) groups is 1. The van der Waals surface area contributed by atoms with Gasteiger partial charge in [-0.3, -0.25) is 4.90 Å². The van der Waals surface area contributed by atoms with Crippen molar-refractivity contribution in [3.8, 4) is 0 Å². The largest absolute Gasteiger partial charge is 0.480 e. The van der Waals surface area contributed by atoms with E-state index in [1.165, 1.54) is 25.7 Å². The molecule has 0 radical (unpaired) electrons. The molecule has 1 saturated carbocycles. The second-order valence-electron chi connectivity index (χ2n) is 6.80. The van der Waals surface area contributed by atoms with Crippen LogP contribution in [0.2, 0.25) is 0 Å². The molecule has 0 amide bonds. The average Bonchev–Trinajstić information content (AvgIpc) is 2.33. The lowest BCUT2D eigenvalue weighted by atomic mass is 9.75. The number of ether oxygens (including phenoxy) is 1. The molecule has 1 N–H and O–H groups in total. The van der Waals surface area contributed by atoms with E-state index in [0.29, 0.717) is 6.04 Å². The van der Waals surface area contributed by atoms with Gasteiger partial charge in [0.1, 0.15) is 6.61 Å². The second kappa shape index (κ2) is 5.80. The summed E-state index contributed by atoms with van der Waals surface area (Å²) in [6.07, 6.45) is 5.32. The molecule has 4 heteroatoms. The van der Waals surface area contributed by atoms with Gasteiger partial charge in [0.25, 0.3) is 0 Å². The summed E-state index contributed by atoms with van der Waals surface area (Å²) in [5.41, 5.74) is -0.253. The van der Waals surface area contributed by atoms with Crippen LogP contribution in [0, 0.1) is 11.8 Å². The number of nitrogens with zero attached hydrogens (tertiary/aromatic N) is 1. The van der Waals surface area contributed by atoms with Crippen LogP contribution in [0.5, 0.6) is 0 Å². The standard InChI is InChI=1S/C15H27NO3/c1-11(2)12-6-4-5-7-13(12)16-9-15(3,10-16)19-8-14(17)18/h11-13H,4-10H2,1-3H3,(H,17,18). The monoisotopic (exact) mass is 269 g/mol. The molecule has 0 spiro atoms. The van der Waals surface area contributed by atoms with Crippen LogP contribution in [0.15, 0.2) is 0 Å². The van der Waals surface area contributed by atoms with Crippen molar-refractivity contribution in [1.29, 1.82) is 0 Å². The van der Waals surface area contributed by atoms with Crippen molar-refractivity contribution in [2.24, 2.45) is 11.8 Å². The summed E-state index contributed by atoms with van der Waals surface area (Å²) in [6, 6.07) is 0.676. The van der Waals surface area contributed by atoms with Crippen LogP contribution in [0.4, 0.5) is 0 Å². The Hall–Kier alpha value is -0.610. The van der Waals surface area contributed by atoms with E-state index < -0.39 is 5.97 Å². The van der Waals surface area contributed by atoms with E-state index in [9.17, 15) is 4.79 Å². The molecule has 2 unspecified atom stereocenters. The smallest absolute Gasteiger partial charge is 0.329 e. The van der Waals surface area contributed by atoms with Gasteiger partial charge in [0, 0.05) is 19.1 Å². The summed E-state index contributed by atoms with van der Waals surface area (Å²) in [6.45, 7) is 8.26. The lowest BCUT2D eigenvalue weighted by molar-refractivity contribution is -0.175. The van der Waals surface area contributed by atoms with E-state index in [2.05, 4.69) is 18.7 Å². The lowest BCUT2D eigenvalue weighted by Gasteiger charge is -2.54. The van der Waals surface area contributed by atoms with Crippen molar-refractivity contribution < 1.29 is 14.6 Å². The first-order chi connectivity index (χ1) is 8.91. The Labute approximate surface area is 116 Å². The lowest BCUT2D eigenvalue weighted by Crippen LogP contribution is -2.66. The summed E-state index contributed by atoms with van der Waals surface area (Å²) in [5, 5.41) is 8.69. The fourth-order valence-electron chi connectivity index (χ4n) is 3.75. The van der Waals surface area contributed by atoms with Gasteiger partial charge in [0.2, 0.25) is 0 Å². The molecule has 1 saturated heterocycles. The van der Waals surface area contributed by atoms with Gasteiger partial charge in [-0.15, -0.1) is 0 Å². The molecule has 0 aromatic rings. The first-order valence-corrected chi connectivity index (χ1v) is 7.51. The van der Waals surface area contributed by atoms with Crippen molar-refractivity contribution in [3.05, 3.63) is 0 Å². The van der Waals surface area contributed by atoms with Crippen LogP contribution >= 0.6 is 0 Å². The minimum Gasteiger partial charge on any atom is -0.480 e. The summed E-state index contributed by atoms with van der Waals surface area (Å²) >= 11 is 0. The van der Waals surface area contributed by atoms with Crippen molar-refractivity contribution in [2.45, 2.75) is 58.1 Å². The molecular formula is C15H27NO3. The van der Waals surface area contributed by atoms with Gasteiger partial charge >= 0.3 is 5.97 Å². The number of carboxylic acid groups (broad SMARTS) is 1. The predicted molar refractivity (Wildman–Crippen MR) is 74.1 cm³/mol. The van der Waals surface area contributed by atoms with Crippen molar-refractivity contribution in [1.82, 2.24) is 4.90 Å². The Morgan fingerprint density at radius 2 is 2.00 bits per heavy atom. The maximum absolute atomic E-state index is 10.6. The quantitative estimate of drug-likeness (QED) is 0.832. The zero-order valence-electron chi connectivity index (χ0n) is 12.4.